The molecule has 1 fully saturated rings. The number of rotatable bonds is 9. The SMILES string of the molecule is C=C1NC=CN1CCCCCCCCCC.CC12C=CC(CC1)C2(C)C. The van der Waals surface area contributed by atoms with Gasteiger partial charge in [-0.15, -0.1) is 0 Å². The molecule has 1 heterocycles. The molecule has 3 aliphatic rings. The van der Waals surface area contributed by atoms with E-state index in [0.29, 0.717) is 10.8 Å². The molecule has 148 valence electrons. The molecule has 0 radical (unpaired) electrons. The summed E-state index contributed by atoms with van der Waals surface area (Å²) in [5.74, 6) is 1.89. The lowest BCUT2D eigenvalue weighted by Crippen LogP contribution is -2.27. The molecule has 1 N–H and O–H groups in total. The Bertz CT molecular complexity index is 502. The molecular weight excluding hydrogens is 316 g/mol. The molecule has 0 aromatic heterocycles. The van der Waals surface area contributed by atoms with Crippen LogP contribution in [0.5, 0.6) is 0 Å². The zero-order valence-corrected chi connectivity index (χ0v) is 17.8. The van der Waals surface area contributed by atoms with Gasteiger partial charge >= 0.3 is 0 Å². The minimum Gasteiger partial charge on any atom is -0.347 e. The second-order valence-corrected chi connectivity index (χ2v) is 9.22. The Morgan fingerprint density at radius 1 is 1.08 bits per heavy atom. The predicted octanol–water partition coefficient (Wildman–Crippen LogP) is 6.97. The van der Waals surface area contributed by atoms with E-state index in [0.717, 1.165) is 18.3 Å². The fourth-order valence-corrected chi connectivity index (χ4v) is 4.55. The smallest absolute Gasteiger partial charge is 0.102 e. The Hall–Kier alpha value is -1.18. The third-order valence-electron chi connectivity index (χ3n) is 7.17. The minimum absolute atomic E-state index is 0.525. The number of unbranched alkanes of at least 4 members (excludes halogenated alkanes) is 7. The van der Waals surface area contributed by atoms with Gasteiger partial charge in [0, 0.05) is 18.9 Å². The van der Waals surface area contributed by atoms with Crippen molar-refractivity contribution in [1.29, 1.82) is 0 Å². The number of fused-ring (bicyclic) bond motifs is 2. The summed E-state index contributed by atoms with van der Waals surface area (Å²) in [7, 11) is 0. The Balaban J connectivity index is 0.000000206. The lowest BCUT2D eigenvalue weighted by molar-refractivity contribution is 0.182. The van der Waals surface area contributed by atoms with E-state index in [-0.39, 0.29) is 0 Å². The van der Waals surface area contributed by atoms with Crippen molar-refractivity contribution in [3.8, 4) is 0 Å². The highest BCUT2D eigenvalue weighted by molar-refractivity contribution is 5.22. The molecule has 2 nitrogen and oxygen atoms in total. The number of allylic oxidation sites excluding steroid dienone is 2. The van der Waals surface area contributed by atoms with Gasteiger partial charge in [-0.05, 0) is 36.0 Å². The lowest BCUT2D eigenvalue weighted by atomic mass is 9.71. The first-order valence-corrected chi connectivity index (χ1v) is 11.0. The molecule has 2 bridgehead atoms. The predicted molar refractivity (Wildman–Crippen MR) is 114 cm³/mol. The maximum absolute atomic E-state index is 3.94. The highest BCUT2D eigenvalue weighted by atomic mass is 15.3. The van der Waals surface area contributed by atoms with Crippen LogP contribution in [0.15, 0.2) is 37.0 Å². The van der Waals surface area contributed by atoms with Crippen LogP contribution >= 0.6 is 0 Å². The van der Waals surface area contributed by atoms with E-state index in [1.807, 2.05) is 6.20 Å². The lowest BCUT2D eigenvalue weighted by Gasteiger charge is -2.33. The number of hydrogen-bond donors (Lipinski definition) is 1. The Morgan fingerprint density at radius 3 is 2.12 bits per heavy atom. The summed E-state index contributed by atoms with van der Waals surface area (Å²) in [5.41, 5.74) is 1.07. The largest absolute Gasteiger partial charge is 0.347 e. The quantitative estimate of drug-likeness (QED) is 0.353. The van der Waals surface area contributed by atoms with Crippen LogP contribution in [-0.2, 0) is 0 Å². The molecule has 0 saturated heterocycles. The molecule has 2 heteroatoms. The van der Waals surface area contributed by atoms with Crippen molar-refractivity contribution in [3.63, 3.8) is 0 Å². The first-order chi connectivity index (χ1) is 12.4. The van der Waals surface area contributed by atoms with Gasteiger partial charge in [0.2, 0.25) is 0 Å². The van der Waals surface area contributed by atoms with Crippen molar-refractivity contribution >= 4 is 0 Å². The molecule has 1 aliphatic heterocycles. The molecule has 0 amide bonds. The van der Waals surface area contributed by atoms with E-state index in [1.165, 1.54) is 64.2 Å². The van der Waals surface area contributed by atoms with Gasteiger partial charge in [0.05, 0.1) is 0 Å². The zero-order chi connectivity index (χ0) is 19.0. The van der Waals surface area contributed by atoms with Crippen LogP contribution in [0.1, 0.15) is 91.9 Å². The van der Waals surface area contributed by atoms with Gasteiger partial charge in [-0.1, -0.05) is 91.4 Å². The van der Waals surface area contributed by atoms with E-state index in [4.69, 9.17) is 0 Å². The van der Waals surface area contributed by atoms with Gasteiger partial charge in [0.1, 0.15) is 5.82 Å². The van der Waals surface area contributed by atoms with E-state index < -0.39 is 0 Å². The summed E-state index contributed by atoms with van der Waals surface area (Å²) in [6, 6.07) is 0. The summed E-state index contributed by atoms with van der Waals surface area (Å²) in [4.78, 5) is 2.19. The fourth-order valence-electron chi connectivity index (χ4n) is 4.55. The van der Waals surface area contributed by atoms with Gasteiger partial charge in [0.25, 0.3) is 0 Å². The molecule has 3 rings (SSSR count). The maximum atomic E-state index is 3.94. The first kappa shape index (κ1) is 21.1. The van der Waals surface area contributed by atoms with E-state index in [2.05, 4.69) is 62.8 Å². The van der Waals surface area contributed by atoms with Crippen LogP contribution in [-0.4, -0.2) is 11.4 Å². The second-order valence-electron chi connectivity index (χ2n) is 9.22. The van der Waals surface area contributed by atoms with Crippen molar-refractivity contribution in [3.05, 3.63) is 37.0 Å². The molecule has 0 spiro atoms. The van der Waals surface area contributed by atoms with Crippen LogP contribution in [0.2, 0.25) is 0 Å². The summed E-state index contributed by atoms with van der Waals surface area (Å²) in [6.45, 7) is 14.5. The third-order valence-corrected chi connectivity index (χ3v) is 7.17. The Labute approximate surface area is 162 Å². The highest BCUT2D eigenvalue weighted by Crippen LogP contribution is 2.61. The van der Waals surface area contributed by atoms with Gasteiger partial charge < -0.3 is 10.2 Å². The van der Waals surface area contributed by atoms with E-state index in [9.17, 15) is 0 Å². The van der Waals surface area contributed by atoms with Gasteiger partial charge in [-0.3, -0.25) is 0 Å². The van der Waals surface area contributed by atoms with Crippen molar-refractivity contribution < 1.29 is 0 Å². The van der Waals surface area contributed by atoms with Crippen LogP contribution in [0.3, 0.4) is 0 Å². The van der Waals surface area contributed by atoms with Crippen LogP contribution < -0.4 is 5.32 Å². The number of hydrogen-bond acceptors (Lipinski definition) is 2. The second kappa shape index (κ2) is 9.67. The van der Waals surface area contributed by atoms with Crippen LogP contribution in [0.4, 0.5) is 0 Å². The normalized spacial score (nSPS) is 27.6. The Kier molecular flexibility index (Phi) is 7.85. The average Bonchev–Trinajstić information content (AvgIpc) is 3.19. The monoisotopic (exact) mass is 358 g/mol. The van der Waals surface area contributed by atoms with Crippen molar-refractivity contribution in [2.45, 2.75) is 91.9 Å². The maximum Gasteiger partial charge on any atom is 0.102 e. The standard InChI is InChI=1S/C14H26N2.C10H16/c1-3-4-5-6-7-8-9-10-12-16-13-11-15-14(16)2;1-9(2)8-4-6-10(9,3)7-5-8/h11,13,15H,2-10,12H2,1H3;4,6,8H,5,7H2,1-3H3. The average molecular weight is 359 g/mol. The molecule has 26 heavy (non-hydrogen) atoms. The van der Waals surface area contributed by atoms with Crippen molar-refractivity contribution in [2.75, 3.05) is 6.54 Å². The van der Waals surface area contributed by atoms with Crippen LogP contribution in [0, 0.1) is 16.7 Å². The molecule has 2 unspecified atom stereocenters. The van der Waals surface area contributed by atoms with E-state index in [1.54, 1.807) is 0 Å². The number of nitrogens with one attached hydrogen (secondary N) is 1. The van der Waals surface area contributed by atoms with Gasteiger partial charge in [-0.25, -0.2) is 0 Å². The van der Waals surface area contributed by atoms with Gasteiger partial charge in [0.15, 0.2) is 0 Å². The topological polar surface area (TPSA) is 15.3 Å². The van der Waals surface area contributed by atoms with Crippen molar-refractivity contribution in [2.24, 2.45) is 16.7 Å². The highest BCUT2D eigenvalue weighted by Gasteiger charge is 2.52. The molecule has 2 aliphatic carbocycles. The molecule has 0 aromatic carbocycles. The fraction of sp³-hybridized carbons (Fsp3) is 0.750. The minimum atomic E-state index is 0.525. The molecule has 1 saturated carbocycles. The molecular formula is C24H42N2. The summed E-state index contributed by atoms with van der Waals surface area (Å²) in [6.07, 6.45) is 22.7. The van der Waals surface area contributed by atoms with Gasteiger partial charge in [-0.2, -0.15) is 0 Å². The number of nitrogens with zero attached hydrogens (tertiary/aromatic N) is 1. The third kappa shape index (κ3) is 5.18. The molecule has 0 aromatic rings. The summed E-state index contributed by atoms with van der Waals surface area (Å²) in [5, 5.41) is 3.10. The summed E-state index contributed by atoms with van der Waals surface area (Å²) >= 11 is 0. The summed E-state index contributed by atoms with van der Waals surface area (Å²) < 4.78 is 0. The van der Waals surface area contributed by atoms with E-state index >= 15 is 0 Å². The van der Waals surface area contributed by atoms with Crippen LogP contribution in [0.25, 0.3) is 0 Å². The molecule has 2 atom stereocenters. The first-order valence-electron chi connectivity index (χ1n) is 11.0. The zero-order valence-electron chi connectivity index (χ0n) is 17.8. The Morgan fingerprint density at radius 2 is 1.73 bits per heavy atom. The van der Waals surface area contributed by atoms with Crippen molar-refractivity contribution in [1.82, 2.24) is 10.2 Å².